The number of ether oxygens (including phenoxy) is 1. The van der Waals surface area contributed by atoms with Crippen LogP contribution in [0, 0.1) is 5.82 Å². The molecule has 2 N–H and O–H groups in total. The molecule has 144 valence electrons. The molecule has 1 aromatic heterocycles. The molecule has 0 unspecified atom stereocenters. The zero-order chi connectivity index (χ0) is 18.8. The van der Waals surface area contributed by atoms with Crippen LogP contribution in [0.15, 0.2) is 30.3 Å². The van der Waals surface area contributed by atoms with E-state index in [1.807, 2.05) is 0 Å². The Kier molecular flexibility index (Phi) is 5.09. The van der Waals surface area contributed by atoms with Crippen LogP contribution < -0.4 is 4.74 Å². The second-order valence-electron chi connectivity index (χ2n) is 7.11. The van der Waals surface area contributed by atoms with Gasteiger partial charge in [0.2, 0.25) is 0 Å². The number of aliphatic hydroxyl groups excluding tert-OH is 1. The Bertz CT molecular complexity index is 806. The molecule has 2 aliphatic rings. The predicted octanol–water partition coefficient (Wildman–Crippen LogP) is 1.41. The van der Waals surface area contributed by atoms with Crippen LogP contribution in [0.25, 0.3) is 0 Å². The standard InChI is InChI=1S/C19H23FN4O3/c20-13-4-3-5-15(8-13)27-12-14-9-16(22-21-14)19(26)24-10-17(18(25)11-24)23-6-1-2-7-23/h3-5,8-9,17-18,25H,1-2,6-7,10-12H2,(H,21,22)/t17-,18-/m1/s1. The third-order valence-electron chi connectivity index (χ3n) is 5.20. The van der Waals surface area contributed by atoms with Crippen molar-refractivity contribution in [1.82, 2.24) is 20.0 Å². The number of benzene rings is 1. The van der Waals surface area contributed by atoms with E-state index >= 15 is 0 Å². The molecule has 2 saturated heterocycles. The summed E-state index contributed by atoms with van der Waals surface area (Å²) in [4.78, 5) is 16.6. The lowest BCUT2D eigenvalue weighted by Crippen LogP contribution is -2.41. The van der Waals surface area contributed by atoms with E-state index in [0.29, 0.717) is 30.2 Å². The highest BCUT2D eigenvalue weighted by atomic mass is 19.1. The van der Waals surface area contributed by atoms with Gasteiger partial charge in [-0.2, -0.15) is 5.10 Å². The predicted molar refractivity (Wildman–Crippen MR) is 95.8 cm³/mol. The van der Waals surface area contributed by atoms with Gasteiger partial charge in [-0.25, -0.2) is 4.39 Å². The largest absolute Gasteiger partial charge is 0.487 e. The summed E-state index contributed by atoms with van der Waals surface area (Å²) < 4.78 is 18.7. The fourth-order valence-corrected chi connectivity index (χ4v) is 3.79. The van der Waals surface area contributed by atoms with Crippen molar-refractivity contribution in [3.05, 3.63) is 47.5 Å². The van der Waals surface area contributed by atoms with Crippen molar-refractivity contribution in [3.8, 4) is 5.75 Å². The van der Waals surface area contributed by atoms with Crippen molar-refractivity contribution in [1.29, 1.82) is 0 Å². The summed E-state index contributed by atoms with van der Waals surface area (Å²) in [5.41, 5.74) is 0.917. The van der Waals surface area contributed by atoms with Gasteiger partial charge in [0.1, 0.15) is 18.2 Å². The van der Waals surface area contributed by atoms with Gasteiger partial charge in [-0.15, -0.1) is 0 Å². The molecular formula is C19H23FN4O3. The third kappa shape index (κ3) is 3.96. The van der Waals surface area contributed by atoms with E-state index in [1.54, 1.807) is 23.1 Å². The average molecular weight is 374 g/mol. The highest BCUT2D eigenvalue weighted by molar-refractivity contribution is 5.92. The molecule has 0 spiro atoms. The molecule has 0 saturated carbocycles. The SMILES string of the molecule is O=C(c1cc(COc2cccc(F)c2)[nH]n1)N1C[C@@H](O)[C@H](N2CCCC2)C1. The van der Waals surface area contributed by atoms with Gasteiger partial charge in [-0.3, -0.25) is 14.8 Å². The van der Waals surface area contributed by atoms with Crippen molar-refractivity contribution in [2.24, 2.45) is 0 Å². The number of β-amino-alcohol motifs (C(OH)–C–C–N with tert-alkyl or cyclic N) is 1. The number of nitrogens with one attached hydrogen (secondary N) is 1. The summed E-state index contributed by atoms with van der Waals surface area (Å²) in [5, 5.41) is 17.2. The molecule has 27 heavy (non-hydrogen) atoms. The van der Waals surface area contributed by atoms with Crippen molar-refractivity contribution in [2.75, 3.05) is 26.2 Å². The minimum absolute atomic E-state index is 0.00572. The Balaban J connectivity index is 1.36. The van der Waals surface area contributed by atoms with Crippen LogP contribution in [0.2, 0.25) is 0 Å². The summed E-state index contributed by atoms with van der Waals surface area (Å²) in [6.07, 6.45) is 1.76. The van der Waals surface area contributed by atoms with E-state index in [1.165, 1.54) is 12.1 Å². The Morgan fingerprint density at radius 3 is 2.89 bits per heavy atom. The average Bonchev–Trinajstić information content (AvgIpc) is 3.40. The number of likely N-dealkylation sites (tertiary alicyclic amines) is 2. The van der Waals surface area contributed by atoms with Crippen molar-refractivity contribution < 1.29 is 19.0 Å². The molecule has 8 heteroatoms. The van der Waals surface area contributed by atoms with E-state index < -0.39 is 6.10 Å². The lowest BCUT2D eigenvalue weighted by Gasteiger charge is -2.25. The number of amides is 1. The number of H-pyrrole nitrogens is 1. The van der Waals surface area contributed by atoms with Crippen LogP contribution in [-0.2, 0) is 6.61 Å². The molecule has 4 rings (SSSR count). The fraction of sp³-hybridized carbons (Fsp3) is 0.474. The van der Waals surface area contributed by atoms with Crippen LogP contribution >= 0.6 is 0 Å². The monoisotopic (exact) mass is 374 g/mol. The normalized spacial score (nSPS) is 23.1. The van der Waals surface area contributed by atoms with E-state index in [0.717, 1.165) is 25.9 Å². The number of nitrogens with zero attached hydrogens (tertiary/aromatic N) is 3. The van der Waals surface area contributed by atoms with Crippen LogP contribution in [0.3, 0.4) is 0 Å². The van der Waals surface area contributed by atoms with Crippen molar-refractivity contribution >= 4 is 5.91 Å². The molecule has 0 radical (unpaired) electrons. The Morgan fingerprint density at radius 2 is 2.11 bits per heavy atom. The summed E-state index contributed by atoms with van der Waals surface area (Å²) in [7, 11) is 0. The van der Waals surface area contributed by atoms with E-state index in [4.69, 9.17) is 4.74 Å². The number of aliphatic hydroxyl groups is 1. The first-order valence-electron chi connectivity index (χ1n) is 9.24. The molecular weight excluding hydrogens is 351 g/mol. The number of carbonyl (C=O) groups excluding carboxylic acids is 1. The van der Waals surface area contributed by atoms with Crippen molar-refractivity contribution in [2.45, 2.75) is 31.6 Å². The quantitative estimate of drug-likeness (QED) is 0.827. The van der Waals surface area contributed by atoms with Gasteiger partial charge in [0.15, 0.2) is 5.69 Å². The number of aromatic amines is 1. The summed E-state index contributed by atoms with van der Waals surface area (Å²) >= 11 is 0. The minimum atomic E-state index is -0.526. The number of aromatic nitrogens is 2. The van der Waals surface area contributed by atoms with Gasteiger partial charge in [0.05, 0.1) is 17.8 Å². The van der Waals surface area contributed by atoms with Gasteiger partial charge < -0.3 is 14.7 Å². The first kappa shape index (κ1) is 17.9. The Labute approximate surface area is 156 Å². The van der Waals surface area contributed by atoms with Gasteiger partial charge in [-0.1, -0.05) is 6.07 Å². The molecule has 0 aliphatic carbocycles. The Morgan fingerprint density at radius 1 is 1.30 bits per heavy atom. The summed E-state index contributed by atoms with van der Waals surface area (Å²) in [6.45, 7) is 2.95. The Hall–Kier alpha value is -2.45. The second kappa shape index (κ2) is 7.66. The molecule has 2 aromatic rings. The number of hydrogen-bond acceptors (Lipinski definition) is 5. The number of halogens is 1. The van der Waals surface area contributed by atoms with Crippen LogP contribution in [0.1, 0.15) is 29.0 Å². The first-order valence-corrected chi connectivity index (χ1v) is 9.24. The molecule has 3 heterocycles. The van der Waals surface area contributed by atoms with Gasteiger partial charge >= 0.3 is 0 Å². The molecule has 1 amide bonds. The fourth-order valence-electron chi connectivity index (χ4n) is 3.79. The first-order chi connectivity index (χ1) is 13.1. The lowest BCUT2D eigenvalue weighted by molar-refractivity contribution is 0.0757. The zero-order valence-electron chi connectivity index (χ0n) is 15.0. The maximum Gasteiger partial charge on any atom is 0.274 e. The number of hydrogen-bond donors (Lipinski definition) is 2. The van der Waals surface area contributed by atoms with Crippen LogP contribution in [-0.4, -0.2) is 69.3 Å². The van der Waals surface area contributed by atoms with Gasteiger partial charge in [0, 0.05) is 19.2 Å². The lowest BCUT2D eigenvalue weighted by atomic mass is 10.2. The van der Waals surface area contributed by atoms with Gasteiger partial charge in [0.25, 0.3) is 5.91 Å². The maximum atomic E-state index is 13.2. The molecule has 2 atom stereocenters. The molecule has 1 aromatic carbocycles. The summed E-state index contributed by atoms with van der Waals surface area (Å²) in [6, 6.07) is 7.52. The van der Waals surface area contributed by atoms with E-state index in [2.05, 4.69) is 15.1 Å². The number of rotatable bonds is 5. The van der Waals surface area contributed by atoms with Gasteiger partial charge in [-0.05, 0) is 44.1 Å². The molecule has 7 nitrogen and oxygen atoms in total. The summed E-state index contributed by atoms with van der Waals surface area (Å²) in [5.74, 6) is -0.161. The van der Waals surface area contributed by atoms with Crippen LogP contribution in [0.4, 0.5) is 4.39 Å². The second-order valence-corrected chi connectivity index (χ2v) is 7.11. The maximum absolute atomic E-state index is 13.2. The number of carbonyl (C=O) groups is 1. The molecule has 2 aliphatic heterocycles. The third-order valence-corrected chi connectivity index (χ3v) is 5.20. The topological polar surface area (TPSA) is 81.7 Å². The smallest absolute Gasteiger partial charge is 0.274 e. The van der Waals surface area contributed by atoms with Crippen molar-refractivity contribution in [3.63, 3.8) is 0 Å². The van der Waals surface area contributed by atoms with Crippen LogP contribution in [0.5, 0.6) is 5.75 Å². The van der Waals surface area contributed by atoms with E-state index in [-0.39, 0.29) is 24.4 Å². The minimum Gasteiger partial charge on any atom is -0.487 e. The molecule has 2 fully saturated rings. The highest BCUT2D eigenvalue weighted by Gasteiger charge is 2.39. The highest BCUT2D eigenvalue weighted by Crippen LogP contribution is 2.22. The molecule has 0 bridgehead atoms. The van der Waals surface area contributed by atoms with E-state index in [9.17, 15) is 14.3 Å². The zero-order valence-corrected chi connectivity index (χ0v) is 15.0.